The highest BCUT2D eigenvalue weighted by Crippen LogP contribution is 2.26. The number of benzene rings is 1. The van der Waals surface area contributed by atoms with Gasteiger partial charge in [0.15, 0.2) is 0 Å². The Balaban J connectivity index is 1.84. The van der Waals surface area contributed by atoms with Crippen LogP contribution in [0.1, 0.15) is 32.7 Å². The lowest BCUT2D eigenvalue weighted by atomic mass is 10.2. The molecule has 0 atom stereocenters. The third-order valence-corrected chi connectivity index (χ3v) is 4.20. The molecule has 120 valence electrons. The van der Waals surface area contributed by atoms with E-state index in [-0.39, 0.29) is 12.3 Å². The van der Waals surface area contributed by atoms with Gasteiger partial charge >= 0.3 is 0 Å². The molecule has 0 radical (unpaired) electrons. The molecule has 23 heavy (non-hydrogen) atoms. The minimum atomic E-state index is -0.505. The fraction of sp³-hybridized carbons (Fsp3) is 0.188. The summed E-state index contributed by atoms with van der Waals surface area (Å²) in [6.07, 6.45) is 0.105. The summed E-state index contributed by atoms with van der Waals surface area (Å²) in [6, 6.07) is 8.52. The molecule has 0 aliphatic rings. The monoisotopic (exact) mass is 331 g/mol. The lowest BCUT2D eigenvalue weighted by molar-refractivity contribution is -0.119. The number of primary amides is 1. The topological polar surface area (TPSA) is 101 Å². The molecule has 0 fully saturated rings. The van der Waals surface area contributed by atoms with E-state index in [1.54, 1.807) is 37.3 Å². The van der Waals surface area contributed by atoms with E-state index >= 15 is 0 Å². The molecular weight excluding hydrogens is 314 g/mol. The third-order valence-electron chi connectivity index (χ3n) is 3.15. The normalized spacial score (nSPS) is 10.1. The average molecular weight is 331 g/mol. The Hall–Kier alpha value is -2.67. The van der Waals surface area contributed by atoms with Crippen LogP contribution in [0.2, 0.25) is 0 Å². The fourth-order valence-corrected chi connectivity index (χ4v) is 3.00. The number of carbonyl (C=O) groups excluding carboxylic acids is 3. The molecule has 3 amide bonds. The molecule has 0 spiro atoms. The van der Waals surface area contributed by atoms with Gasteiger partial charge in [-0.25, -0.2) is 0 Å². The number of nitrogens with one attached hydrogen (secondary N) is 2. The van der Waals surface area contributed by atoms with E-state index in [0.29, 0.717) is 22.7 Å². The van der Waals surface area contributed by atoms with Crippen molar-refractivity contribution in [1.82, 2.24) is 5.32 Å². The van der Waals surface area contributed by atoms with E-state index in [1.165, 1.54) is 11.3 Å². The summed E-state index contributed by atoms with van der Waals surface area (Å²) in [6.45, 7) is 2.10. The number of aryl methyl sites for hydroxylation is 1. The molecule has 6 nitrogen and oxygen atoms in total. The van der Waals surface area contributed by atoms with Gasteiger partial charge in [0.1, 0.15) is 5.00 Å². The van der Waals surface area contributed by atoms with Crippen LogP contribution in [0.5, 0.6) is 0 Å². The predicted octanol–water partition coefficient (Wildman–Crippen LogP) is 1.91. The van der Waals surface area contributed by atoms with Gasteiger partial charge in [-0.15, -0.1) is 11.3 Å². The van der Waals surface area contributed by atoms with E-state index in [0.717, 1.165) is 5.56 Å². The maximum absolute atomic E-state index is 11.8. The first-order chi connectivity index (χ1) is 11.0. The van der Waals surface area contributed by atoms with Crippen LogP contribution in [0.3, 0.4) is 0 Å². The number of hydrogen-bond donors (Lipinski definition) is 3. The molecule has 1 aromatic heterocycles. The van der Waals surface area contributed by atoms with Crippen molar-refractivity contribution >= 4 is 34.1 Å². The number of rotatable bonds is 6. The first-order valence-corrected chi connectivity index (χ1v) is 7.88. The second-order valence-electron chi connectivity index (χ2n) is 4.91. The van der Waals surface area contributed by atoms with Crippen molar-refractivity contribution in [1.29, 1.82) is 0 Å². The van der Waals surface area contributed by atoms with Gasteiger partial charge in [0.2, 0.25) is 5.91 Å². The zero-order chi connectivity index (χ0) is 16.8. The third kappa shape index (κ3) is 4.40. The van der Waals surface area contributed by atoms with Crippen molar-refractivity contribution in [2.24, 2.45) is 5.73 Å². The lowest BCUT2D eigenvalue weighted by Gasteiger charge is -2.07. The summed E-state index contributed by atoms with van der Waals surface area (Å²) in [4.78, 5) is 35.0. The van der Waals surface area contributed by atoms with Crippen molar-refractivity contribution in [2.45, 2.75) is 13.3 Å². The first kappa shape index (κ1) is 16.7. The molecule has 2 aromatic rings. The minimum absolute atomic E-state index is 0.105. The van der Waals surface area contributed by atoms with Crippen LogP contribution in [-0.2, 0) is 4.79 Å². The zero-order valence-corrected chi connectivity index (χ0v) is 13.4. The molecule has 0 bridgehead atoms. The zero-order valence-electron chi connectivity index (χ0n) is 12.6. The van der Waals surface area contributed by atoms with E-state index in [2.05, 4.69) is 10.6 Å². The lowest BCUT2D eigenvalue weighted by Crippen LogP contribution is -2.31. The Morgan fingerprint density at radius 3 is 2.52 bits per heavy atom. The van der Waals surface area contributed by atoms with Gasteiger partial charge in [-0.05, 0) is 30.0 Å². The molecule has 1 aromatic carbocycles. The summed E-state index contributed by atoms with van der Waals surface area (Å²) in [5, 5.41) is 7.78. The summed E-state index contributed by atoms with van der Waals surface area (Å²) in [5.74, 6) is -1.32. The molecule has 1 heterocycles. The Bertz CT molecular complexity index is 725. The minimum Gasteiger partial charge on any atom is -0.376 e. The van der Waals surface area contributed by atoms with Crippen LogP contribution in [0.15, 0.2) is 35.7 Å². The van der Waals surface area contributed by atoms with Crippen LogP contribution in [0, 0.1) is 6.92 Å². The summed E-state index contributed by atoms with van der Waals surface area (Å²) >= 11 is 1.36. The van der Waals surface area contributed by atoms with Crippen LogP contribution < -0.4 is 16.4 Å². The van der Waals surface area contributed by atoms with Gasteiger partial charge < -0.3 is 11.1 Å². The van der Waals surface area contributed by atoms with Gasteiger partial charge in [0.05, 0.1) is 5.56 Å². The molecule has 7 heteroatoms. The maximum Gasteiger partial charge on any atom is 0.257 e. The first-order valence-electron chi connectivity index (χ1n) is 7.00. The number of nitrogens with two attached hydrogens (primary N) is 1. The Labute approximate surface area is 137 Å². The molecule has 4 N–H and O–H groups in total. The van der Waals surface area contributed by atoms with E-state index in [4.69, 9.17) is 5.73 Å². The maximum atomic E-state index is 11.8. The molecule has 2 rings (SSSR count). The Morgan fingerprint density at radius 2 is 1.87 bits per heavy atom. The van der Waals surface area contributed by atoms with E-state index < -0.39 is 11.8 Å². The number of hydrogen-bond acceptors (Lipinski definition) is 5. The molecular formula is C16H17N3O3S. The summed E-state index contributed by atoms with van der Waals surface area (Å²) in [7, 11) is 0. The van der Waals surface area contributed by atoms with Gasteiger partial charge in [-0.1, -0.05) is 18.2 Å². The van der Waals surface area contributed by atoms with Crippen LogP contribution in [0.25, 0.3) is 0 Å². The van der Waals surface area contributed by atoms with Crippen molar-refractivity contribution < 1.29 is 14.4 Å². The molecule has 0 unspecified atom stereocenters. The summed E-state index contributed by atoms with van der Waals surface area (Å²) in [5.41, 5.74) is 7.00. The largest absolute Gasteiger partial charge is 0.376 e. The van der Waals surface area contributed by atoms with E-state index in [1.807, 2.05) is 5.38 Å². The van der Waals surface area contributed by atoms with Gasteiger partial charge in [0, 0.05) is 18.5 Å². The molecule has 0 aliphatic heterocycles. The van der Waals surface area contributed by atoms with Crippen molar-refractivity contribution in [3.8, 4) is 0 Å². The smallest absolute Gasteiger partial charge is 0.257 e. The number of thiophene rings is 1. The molecule has 0 saturated heterocycles. The highest BCUT2D eigenvalue weighted by molar-refractivity contribution is 7.14. The second kappa shape index (κ2) is 7.55. The fourth-order valence-electron chi connectivity index (χ4n) is 2.02. The van der Waals surface area contributed by atoms with Gasteiger partial charge in [-0.2, -0.15) is 0 Å². The van der Waals surface area contributed by atoms with Crippen LogP contribution in [0.4, 0.5) is 5.00 Å². The van der Waals surface area contributed by atoms with Gasteiger partial charge in [-0.3, -0.25) is 19.7 Å². The highest BCUT2D eigenvalue weighted by atomic mass is 32.1. The van der Waals surface area contributed by atoms with Gasteiger partial charge in [0.25, 0.3) is 11.8 Å². The van der Waals surface area contributed by atoms with Crippen LogP contribution in [-0.4, -0.2) is 24.3 Å². The standard InChI is InChI=1S/C16H17N3O3S/c1-10-9-23-16(13(10)14(17)21)18-8-7-12(20)19-15(22)11-5-3-2-4-6-11/h2-6,9,18H,7-8H2,1H3,(H2,17,21)(H,19,20,22). The summed E-state index contributed by atoms with van der Waals surface area (Å²) < 4.78 is 0. The number of imide groups is 1. The average Bonchev–Trinajstić information content (AvgIpc) is 2.89. The van der Waals surface area contributed by atoms with Crippen LogP contribution >= 0.6 is 11.3 Å². The van der Waals surface area contributed by atoms with Crippen molar-refractivity contribution in [2.75, 3.05) is 11.9 Å². The van der Waals surface area contributed by atoms with Crippen molar-refractivity contribution in [3.05, 3.63) is 52.4 Å². The van der Waals surface area contributed by atoms with Crippen molar-refractivity contribution in [3.63, 3.8) is 0 Å². The number of carbonyl (C=O) groups is 3. The highest BCUT2D eigenvalue weighted by Gasteiger charge is 2.14. The quantitative estimate of drug-likeness (QED) is 0.752. The predicted molar refractivity (Wildman–Crippen MR) is 89.6 cm³/mol. The second-order valence-corrected chi connectivity index (χ2v) is 5.79. The molecule has 0 aliphatic carbocycles. The molecule has 0 saturated carbocycles. The SMILES string of the molecule is Cc1csc(NCCC(=O)NC(=O)c2ccccc2)c1C(N)=O. The number of anilines is 1. The number of amides is 3. The Morgan fingerprint density at radius 1 is 1.17 bits per heavy atom. The Kier molecular flexibility index (Phi) is 5.48. The van der Waals surface area contributed by atoms with E-state index in [9.17, 15) is 14.4 Å².